The zero-order valence-electron chi connectivity index (χ0n) is 15.4. The van der Waals surface area contributed by atoms with Gasteiger partial charge < -0.3 is 14.8 Å². The van der Waals surface area contributed by atoms with E-state index < -0.39 is 11.6 Å². The Balaban J connectivity index is 1.46. The molecule has 1 spiro atoms. The minimum absolute atomic E-state index is 0.0536. The molecule has 27 heavy (non-hydrogen) atoms. The van der Waals surface area contributed by atoms with Crippen molar-refractivity contribution in [1.29, 1.82) is 0 Å². The Morgan fingerprint density at radius 2 is 1.56 bits per heavy atom. The molecule has 2 aliphatic rings. The van der Waals surface area contributed by atoms with Crippen LogP contribution in [0.15, 0.2) is 36.4 Å². The van der Waals surface area contributed by atoms with Crippen LogP contribution >= 0.6 is 0 Å². The van der Waals surface area contributed by atoms with Gasteiger partial charge in [0.1, 0.15) is 5.54 Å². The molecule has 0 saturated carbocycles. The summed E-state index contributed by atoms with van der Waals surface area (Å²) in [4.78, 5) is 38.0. The Hall–Kier alpha value is -3.09. The van der Waals surface area contributed by atoms with Crippen LogP contribution in [0.3, 0.4) is 0 Å². The first kappa shape index (κ1) is 17.3. The summed E-state index contributed by atoms with van der Waals surface area (Å²) in [6, 6.07) is 11.2. The van der Waals surface area contributed by atoms with Crippen molar-refractivity contribution in [2.75, 3.05) is 13.1 Å². The summed E-state index contributed by atoms with van der Waals surface area (Å²) >= 11 is 0. The average Bonchev–Trinajstić information content (AvgIpc) is 3.13. The molecule has 1 aromatic heterocycles. The number of imide groups is 1. The largest absolute Gasteiger partial charge is 0.338 e. The molecule has 0 bridgehead atoms. The van der Waals surface area contributed by atoms with Crippen molar-refractivity contribution in [1.82, 2.24) is 20.1 Å². The molecule has 0 atom stereocenters. The zero-order chi connectivity index (χ0) is 19.2. The lowest BCUT2D eigenvalue weighted by Crippen LogP contribution is -2.55. The molecule has 3 heterocycles. The maximum atomic E-state index is 12.8. The minimum atomic E-state index is -0.860. The Bertz CT molecular complexity index is 902. The van der Waals surface area contributed by atoms with Crippen LogP contribution in [0.1, 0.15) is 34.6 Å². The quantitative estimate of drug-likeness (QED) is 0.797. The molecule has 0 radical (unpaired) electrons. The molecule has 7 heteroatoms. The van der Waals surface area contributed by atoms with Gasteiger partial charge in [-0.25, -0.2) is 4.79 Å². The van der Waals surface area contributed by atoms with E-state index in [0.29, 0.717) is 31.5 Å². The Morgan fingerprint density at radius 1 is 0.963 bits per heavy atom. The number of hydrogen-bond acceptors (Lipinski definition) is 3. The first-order chi connectivity index (χ1) is 12.9. The molecule has 7 nitrogen and oxygen atoms in total. The van der Waals surface area contributed by atoms with Gasteiger partial charge in [-0.15, -0.1) is 0 Å². The highest BCUT2D eigenvalue weighted by Crippen LogP contribution is 2.26. The molecule has 2 fully saturated rings. The molecule has 140 valence electrons. The standard InChI is InChI=1S/C20H22N4O3/c1-13-3-4-14(2)24(13)16-7-5-15(6-8-16)17(25)23-11-9-20(10-12-23)18(26)21-19(27)22-20/h3-8H,9-12H2,1-2H3,(H2,21,22,26,27). The molecule has 2 aromatic rings. The van der Waals surface area contributed by atoms with Crippen molar-refractivity contribution < 1.29 is 14.4 Å². The summed E-state index contributed by atoms with van der Waals surface area (Å²) in [6.07, 6.45) is 0.853. The first-order valence-electron chi connectivity index (χ1n) is 9.08. The molecular formula is C20H22N4O3. The number of rotatable bonds is 2. The van der Waals surface area contributed by atoms with Crippen LogP contribution in [0, 0.1) is 13.8 Å². The Morgan fingerprint density at radius 3 is 2.07 bits per heavy atom. The number of carbonyl (C=O) groups excluding carboxylic acids is 3. The summed E-state index contributed by atoms with van der Waals surface area (Å²) in [5.41, 5.74) is 3.07. The molecule has 2 saturated heterocycles. The van der Waals surface area contributed by atoms with Crippen LogP contribution in [-0.4, -0.2) is 45.9 Å². The number of piperidine rings is 1. The van der Waals surface area contributed by atoms with Crippen molar-refractivity contribution in [3.63, 3.8) is 0 Å². The second-order valence-corrected chi connectivity index (χ2v) is 7.28. The number of aromatic nitrogens is 1. The van der Waals surface area contributed by atoms with Crippen molar-refractivity contribution in [2.24, 2.45) is 0 Å². The highest BCUT2D eigenvalue weighted by Gasteiger charge is 2.48. The van der Waals surface area contributed by atoms with Crippen molar-refractivity contribution in [2.45, 2.75) is 32.2 Å². The van der Waals surface area contributed by atoms with Gasteiger partial charge >= 0.3 is 6.03 Å². The van der Waals surface area contributed by atoms with E-state index in [-0.39, 0.29) is 11.8 Å². The number of nitrogens with one attached hydrogen (secondary N) is 2. The number of urea groups is 1. The van der Waals surface area contributed by atoms with Gasteiger partial charge in [0.15, 0.2) is 0 Å². The molecule has 0 aliphatic carbocycles. The Labute approximate surface area is 157 Å². The van der Waals surface area contributed by atoms with Crippen molar-refractivity contribution in [3.05, 3.63) is 53.3 Å². The summed E-state index contributed by atoms with van der Waals surface area (Å²) in [5, 5.41) is 5.00. The van der Waals surface area contributed by atoms with E-state index in [1.165, 1.54) is 0 Å². The third kappa shape index (κ3) is 2.89. The van der Waals surface area contributed by atoms with Gasteiger partial charge in [0, 0.05) is 35.7 Å². The van der Waals surface area contributed by atoms with E-state index >= 15 is 0 Å². The van der Waals surface area contributed by atoms with E-state index in [1.807, 2.05) is 38.1 Å². The number of carbonyl (C=O) groups is 3. The molecule has 1 aromatic carbocycles. The van der Waals surface area contributed by atoms with Crippen LogP contribution in [-0.2, 0) is 4.79 Å². The van der Waals surface area contributed by atoms with Crippen LogP contribution in [0.5, 0.6) is 0 Å². The summed E-state index contributed by atoms with van der Waals surface area (Å²) in [7, 11) is 0. The number of likely N-dealkylation sites (tertiary alicyclic amines) is 1. The topological polar surface area (TPSA) is 83.4 Å². The normalized spacial score (nSPS) is 18.5. The number of aryl methyl sites for hydroxylation is 2. The van der Waals surface area contributed by atoms with E-state index in [4.69, 9.17) is 0 Å². The SMILES string of the molecule is Cc1ccc(C)n1-c1ccc(C(=O)N2CCC3(CC2)NC(=O)NC3=O)cc1. The van der Waals surface area contributed by atoms with Gasteiger partial charge in [0.05, 0.1) is 0 Å². The van der Waals surface area contributed by atoms with Gasteiger partial charge in [-0.3, -0.25) is 14.9 Å². The molecule has 2 N–H and O–H groups in total. The lowest BCUT2D eigenvalue weighted by atomic mass is 9.87. The fourth-order valence-corrected chi connectivity index (χ4v) is 3.98. The minimum Gasteiger partial charge on any atom is -0.338 e. The first-order valence-corrected chi connectivity index (χ1v) is 9.08. The Kier molecular flexibility index (Phi) is 4.02. The second kappa shape index (κ2) is 6.26. The van der Waals surface area contributed by atoms with Crippen molar-refractivity contribution >= 4 is 17.8 Å². The highest BCUT2D eigenvalue weighted by atomic mass is 16.2. The van der Waals surface area contributed by atoms with E-state index in [2.05, 4.69) is 27.3 Å². The number of hydrogen-bond donors (Lipinski definition) is 2. The number of nitrogens with zero attached hydrogens (tertiary/aromatic N) is 2. The maximum absolute atomic E-state index is 12.8. The van der Waals surface area contributed by atoms with Gasteiger partial charge in [-0.05, 0) is 63.1 Å². The van der Waals surface area contributed by atoms with Crippen molar-refractivity contribution in [3.8, 4) is 5.69 Å². The highest BCUT2D eigenvalue weighted by molar-refractivity contribution is 6.07. The second-order valence-electron chi connectivity index (χ2n) is 7.28. The van der Waals surface area contributed by atoms with Crippen LogP contribution in [0.2, 0.25) is 0 Å². The van der Waals surface area contributed by atoms with Gasteiger partial charge in [0.2, 0.25) is 0 Å². The third-order valence-corrected chi connectivity index (χ3v) is 5.56. The number of benzene rings is 1. The fourth-order valence-electron chi connectivity index (χ4n) is 3.98. The third-order valence-electron chi connectivity index (χ3n) is 5.56. The van der Waals surface area contributed by atoms with E-state index in [1.54, 1.807) is 4.90 Å². The average molecular weight is 366 g/mol. The van der Waals surface area contributed by atoms with Gasteiger partial charge in [-0.1, -0.05) is 0 Å². The summed E-state index contributed by atoms with van der Waals surface area (Å²) in [5.74, 6) is -0.344. The van der Waals surface area contributed by atoms with E-state index in [0.717, 1.165) is 17.1 Å². The fraction of sp³-hybridized carbons (Fsp3) is 0.350. The molecular weight excluding hydrogens is 344 g/mol. The summed E-state index contributed by atoms with van der Waals surface area (Å²) < 4.78 is 2.14. The molecule has 4 rings (SSSR count). The van der Waals surface area contributed by atoms with Gasteiger partial charge in [-0.2, -0.15) is 0 Å². The molecule has 2 aliphatic heterocycles. The molecule has 4 amide bonds. The molecule has 0 unspecified atom stereocenters. The maximum Gasteiger partial charge on any atom is 0.322 e. The van der Waals surface area contributed by atoms with Crippen LogP contribution in [0.25, 0.3) is 5.69 Å². The lowest BCUT2D eigenvalue weighted by Gasteiger charge is -2.37. The summed E-state index contributed by atoms with van der Waals surface area (Å²) in [6.45, 7) is 4.97. The van der Waals surface area contributed by atoms with Crippen LogP contribution < -0.4 is 10.6 Å². The number of amides is 4. The predicted molar refractivity (Wildman–Crippen MR) is 99.8 cm³/mol. The monoisotopic (exact) mass is 366 g/mol. The smallest absolute Gasteiger partial charge is 0.322 e. The predicted octanol–water partition coefficient (Wildman–Crippen LogP) is 1.91. The van der Waals surface area contributed by atoms with Gasteiger partial charge in [0.25, 0.3) is 11.8 Å². The zero-order valence-corrected chi connectivity index (χ0v) is 15.4. The van der Waals surface area contributed by atoms with Crippen LogP contribution in [0.4, 0.5) is 4.79 Å². The van der Waals surface area contributed by atoms with E-state index in [9.17, 15) is 14.4 Å². The lowest BCUT2D eigenvalue weighted by molar-refractivity contribution is -0.125.